The summed E-state index contributed by atoms with van der Waals surface area (Å²) in [6.45, 7) is 6.70. The second-order valence-corrected chi connectivity index (χ2v) is 7.96. The number of tetrazole rings is 1. The number of benzene rings is 2. The van der Waals surface area contributed by atoms with Crippen molar-refractivity contribution in [2.24, 2.45) is 0 Å². The Balaban J connectivity index is 1.45. The van der Waals surface area contributed by atoms with E-state index in [2.05, 4.69) is 73.9 Å². The zero-order chi connectivity index (χ0) is 22.9. The standard InChI is InChI=1S/C25H30N6O2/c1-2-33-23(32)20-31-25(26-27-28-31)24(22-13-7-4-8-14-22)30-18-16-29(17-19-30)15-9-12-21-10-5-3-6-11-21/h3-14,24H,2,15-20H2,1H3/t24-/m0/s1. The molecule has 4 rings (SSSR count). The first-order chi connectivity index (χ1) is 16.2. The van der Waals surface area contributed by atoms with Crippen LogP contribution >= 0.6 is 0 Å². The molecule has 8 nitrogen and oxygen atoms in total. The van der Waals surface area contributed by atoms with Gasteiger partial charge in [-0.25, -0.2) is 4.68 Å². The third kappa shape index (κ3) is 6.12. The lowest BCUT2D eigenvalue weighted by Gasteiger charge is -2.38. The van der Waals surface area contributed by atoms with Crippen molar-refractivity contribution in [1.29, 1.82) is 0 Å². The molecule has 0 radical (unpaired) electrons. The van der Waals surface area contributed by atoms with Crippen molar-refractivity contribution in [3.05, 3.63) is 83.7 Å². The van der Waals surface area contributed by atoms with Gasteiger partial charge in [0.15, 0.2) is 5.82 Å². The lowest BCUT2D eigenvalue weighted by molar-refractivity contribution is -0.144. The van der Waals surface area contributed by atoms with E-state index in [-0.39, 0.29) is 18.6 Å². The molecule has 0 unspecified atom stereocenters. The van der Waals surface area contributed by atoms with E-state index in [1.165, 1.54) is 5.56 Å². The minimum absolute atomic E-state index is 0.00372. The number of aromatic nitrogens is 4. The molecule has 1 aromatic heterocycles. The average Bonchev–Trinajstić information content (AvgIpc) is 3.29. The Morgan fingerprint density at radius 2 is 1.73 bits per heavy atom. The number of piperazine rings is 1. The van der Waals surface area contributed by atoms with E-state index in [0.29, 0.717) is 12.4 Å². The summed E-state index contributed by atoms with van der Waals surface area (Å²) in [5, 5.41) is 12.3. The van der Waals surface area contributed by atoms with Gasteiger partial charge >= 0.3 is 5.97 Å². The Bertz CT molecular complexity index is 1030. The van der Waals surface area contributed by atoms with Crippen molar-refractivity contribution in [3.8, 4) is 0 Å². The van der Waals surface area contributed by atoms with Crippen LogP contribution < -0.4 is 0 Å². The average molecular weight is 447 g/mol. The summed E-state index contributed by atoms with van der Waals surface area (Å²) in [6.07, 6.45) is 4.39. The molecule has 0 amide bonds. The molecule has 0 spiro atoms. The fourth-order valence-electron chi connectivity index (χ4n) is 4.11. The van der Waals surface area contributed by atoms with Gasteiger partial charge in [-0.3, -0.25) is 14.6 Å². The maximum atomic E-state index is 12.1. The number of carbonyl (C=O) groups excluding carboxylic acids is 1. The van der Waals surface area contributed by atoms with Crippen LogP contribution in [0.5, 0.6) is 0 Å². The van der Waals surface area contributed by atoms with E-state index >= 15 is 0 Å². The van der Waals surface area contributed by atoms with Crippen molar-refractivity contribution in [3.63, 3.8) is 0 Å². The van der Waals surface area contributed by atoms with Gasteiger partial charge in [0.25, 0.3) is 0 Å². The molecule has 3 aromatic rings. The predicted octanol–water partition coefficient (Wildman–Crippen LogP) is 2.66. The highest BCUT2D eigenvalue weighted by molar-refractivity contribution is 5.69. The third-order valence-electron chi connectivity index (χ3n) is 5.75. The summed E-state index contributed by atoms with van der Waals surface area (Å²) in [5.74, 6) is 0.319. The zero-order valence-electron chi connectivity index (χ0n) is 19.0. The van der Waals surface area contributed by atoms with E-state index in [9.17, 15) is 4.79 Å². The predicted molar refractivity (Wildman–Crippen MR) is 126 cm³/mol. The maximum absolute atomic E-state index is 12.1. The molecule has 0 saturated carbocycles. The molecule has 8 heteroatoms. The van der Waals surface area contributed by atoms with E-state index in [4.69, 9.17) is 4.74 Å². The van der Waals surface area contributed by atoms with Gasteiger partial charge in [0.1, 0.15) is 6.54 Å². The number of carbonyl (C=O) groups is 1. The zero-order valence-corrected chi connectivity index (χ0v) is 19.0. The van der Waals surface area contributed by atoms with Crippen LogP contribution in [0.25, 0.3) is 6.08 Å². The van der Waals surface area contributed by atoms with Gasteiger partial charge in [0, 0.05) is 32.7 Å². The van der Waals surface area contributed by atoms with Crippen LogP contribution in [0.2, 0.25) is 0 Å². The van der Waals surface area contributed by atoms with Crippen LogP contribution in [0.4, 0.5) is 0 Å². The van der Waals surface area contributed by atoms with Gasteiger partial charge in [-0.15, -0.1) is 5.10 Å². The molecule has 0 bridgehead atoms. The summed E-state index contributed by atoms with van der Waals surface area (Å²) in [4.78, 5) is 16.9. The second-order valence-electron chi connectivity index (χ2n) is 7.96. The largest absolute Gasteiger partial charge is 0.465 e. The SMILES string of the molecule is CCOC(=O)Cn1nnnc1[C@H](c1ccccc1)N1CCN(CC=Cc2ccccc2)CC1. The highest BCUT2D eigenvalue weighted by Gasteiger charge is 2.30. The lowest BCUT2D eigenvalue weighted by Crippen LogP contribution is -2.48. The minimum atomic E-state index is -0.340. The van der Waals surface area contributed by atoms with Crippen LogP contribution in [-0.2, 0) is 16.1 Å². The van der Waals surface area contributed by atoms with Crippen LogP contribution in [-0.4, -0.2) is 75.3 Å². The molecular formula is C25H30N6O2. The number of ether oxygens (including phenoxy) is 1. The summed E-state index contributed by atoms with van der Waals surface area (Å²) in [7, 11) is 0. The van der Waals surface area contributed by atoms with Gasteiger partial charge in [0.05, 0.1) is 12.6 Å². The Labute approximate surface area is 194 Å². The van der Waals surface area contributed by atoms with E-state index in [0.717, 1.165) is 38.3 Å². The molecule has 0 N–H and O–H groups in total. The van der Waals surface area contributed by atoms with E-state index in [1.54, 1.807) is 11.6 Å². The van der Waals surface area contributed by atoms with Crippen molar-refractivity contribution < 1.29 is 9.53 Å². The highest BCUT2D eigenvalue weighted by atomic mass is 16.5. The monoisotopic (exact) mass is 446 g/mol. The number of hydrogen-bond donors (Lipinski definition) is 0. The minimum Gasteiger partial charge on any atom is -0.465 e. The molecule has 1 saturated heterocycles. The number of esters is 1. The molecule has 172 valence electrons. The van der Waals surface area contributed by atoms with Gasteiger partial charge < -0.3 is 4.74 Å². The van der Waals surface area contributed by atoms with E-state index in [1.807, 2.05) is 24.3 Å². The molecule has 1 aliphatic heterocycles. The Kier molecular flexibility index (Phi) is 7.94. The van der Waals surface area contributed by atoms with Crippen molar-refractivity contribution in [1.82, 2.24) is 30.0 Å². The molecule has 1 atom stereocenters. The summed E-state index contributed by atoms with van der Waals surface area (Å²) in [6, 6.07) is 20.4. The summed E-state index contributed by atoms with van der Waals surface area (Å²) in [5.41, 5.74) is 2.32. The van der Waals surface area contributed by atoms with Crippen LogP contribution in [0.3, 0.4) is 0 Å². The Hall–Kier alpha value is -3.36. The number of nitrogens with zero attached hydrogens (tertiary/aromatic N) is 6. The summed E-state index contributed by atoms with van der Waals surface area (Å²) < 4.78 is 6.66. The molecular weight excluding hydrogens is 416 g/mol. The molecule has 1 aliphatic rings. The number of hydrogen-bond acceptors (Lipinski definition) is 7. The molecule has 33 heavy (non-hydrogen) atoms. The second kappa shape index (κ2) is 11.5. The first kappa shape index (κ1) is 22.8. The van der Waals surface area contributed by atoms with Crippen LogP contribution in [0.15, 0.2) is 66.7 Å². The first-order valence-electron chi connectivity index (χ1n) is 11.4. The van der Waals surface area contributed by atoms with Gasteiger partial charge in [-0.05, 0) is 28.5 Å². The fraction of sp³-hybridized carbons (Fsp3) is 0.360. The molecule has 0 aliphatic carbocycles. The van der Waals surface area contributed by atoms with Crippen molar-refractivity contribution in [2.45, 2.75) is 19.5 Å². The lowest BCUT2D eigenvalue weighted by atomic mass is 10.0. The smallest absolute Gasteiger partial charge is 0.327 e. The van der Waals surface area contributed by atoms with Gasteiger partial charge in [-0.2, -0.15) is 0 Å². The molecule has 2 heterocycles. The van der Waals surface area contributed by atoms with Crippen LogP contribution in [0, 0.1) is 0 Å². The van der Waals surface area contributed by atoms with Gasteiger partial charge in [0.2, 0.25) is 0 Å². The topological polar surface area (TPSA) is 76.4 Å². The van der Waals surface area contributed by atoms with Crippen molar-refractivity contribution in [2.75, 3.05) is 39.3 Å². The molecule has 2 aromatic carbocycles. The Morgan fingerprint density at radius 1 is 1.03 bits per heavy atom. The van der Waals surface area contributed by atoms with Gasteiger partial charge in [-0.1, -0.05) is 72.8 Å². The normalized spacial score (nSPS) is 16.2. The summed E-state index contributed by atoms with van der Waals surface area (Å²) >= 11 is 0. The molecule has 1 fully saturated rings. The van der Waals surface area contributed by atoms with Crippen LogP contribution in [0.1, 0.15) is 29.9 Å². The fourth-order valence-corrected chi connectivity index (χ4v) is 4.11. The highest BCUT2D eigenvalue weighted by Crippen LogP contribution is 2.28. The number of rotatable bonds is 9. The van der Waals surface area contributed by atoms with Crippen molar-refractivity contribution >= 4 is 12.0 Å². The third-order valence-corrected chi connectivity index (χ3v) is 5.75. The maximum Gasteiger partial charge on any atom is 0.327 e. The quantitative estimate of drug-likeness (QED) is 0.468. The first-order valence-corrected chi connectivity index (χ1v) is 11.4. The van der Waals surface area contributed by atoms with E-state index < -0.39 is 0 Å². The Morgan fingerprint density at radius 3 is 2.42 bits per heavy atom.